The fourth-order valence-corrected chi connectivity index (χ4v) is 1.91. The largest absolute Gasteiger partial charge is 0.480 e. The topological polar surface area (TPSA) is 78.9 Å². The normalized spacial score (nSPS) is 19.0. The van der Waals surface area contributed by atoms with Gasteiger partial charge in [-0.25, -0.2) is 9.59 Å². The van der Waals surface area contributed by atoms with Gasteiger partial charge < -0.3 is 20.1 Å². The van der Waals surface area contributed by atoms with Gasteiger partial charge in [0, 0.05) is 17.3 Å². The molecule has 6 nitrogen and oxygen atoms in total. The Morgan fingerprint density at radius 3 is 2.68 bits per heavy atom. The molecule has 1 fully saturated rings. The number of morpholine rings is 1. The van der Waals surface area contributed by atoms with Crippen LogP contribution in [0.4, 0.5) is 10.5 Å². The van der Waals surface area contributed by atoms with Crippen LogP contribution in [0.5, 0.6) is 0 Å². The summed E-state index contributed by atoms with van der Waals surface area (Å²) in [6.07, 6.45) is 0. The predicted molar refractivity (Wildman–Crippen MR) is 69.4 cm³/mol. The second-order valence-electron chi connectivity index (χ2n) is 4.06. The molecular formula is C12H13ClN2O4. The first kappa shape index (κ1) is 13.6. The van der Waals surface area contributed by atoms with Crippen molar-refractivity contribution in [1.82, 2.24) is 4.90 Å². The smallest absolute Gasteiger partial charge is 0.328 e. The number of benzene rings is 1. The maximum atomic E-state index is 12.0. The van der Waals surface area contributed by atoms with Gasteiger partial charge in [-0.05, 0) is 24.3 Å². The van der Waals surface area contributed by atoms with Crippen LogP contribution in [0.25, 0.3) is 0 Å². The molecule has 0 spiro atoms. The molecule has 1 aliphatic heterocycles. The predicted octanol–water partition coefficient (Wildman–Crippen LogP) is 1.66. The molecule has 0 bridgehead atoms. The fourth-order valence-electron chi connectivity index (χ4n) is 1.78. The van der Waals surface area contributed by atoms with Crippen LogP contribution in [0.2, 0.25) is 5.02 Å². The third kappa shape index (κ3) is 3.36. The quantitative estimate of drug-likeness (QED) is 0.866. The second kappa shape index (κ2) is 5.90. The van der Waals surface area contributed by atoms with Crippen LogP contribution in [0.1, 0.15) is 0 Å². The number of carboxylic acids is 1. The van der Waals surface area contributed by atoms with Gasteiger partial charge in [0.15, 0.2) is 6.04 Å². The number of carbonyl (C=O) groups excluding carboxylic acids is 1. The summed E-state index contributed by atoms with van der Waals surface area (Å²) in [7, 11) is 0. The zero-order valence-corrected chi connectivity index (χ0v) is 10.8. The molecule has 0 radical (unpaired) electrons. The molecule has 19 heavy (non-hydrogen) atoms. The maximum Gasteiger partial charge on any atom is 0.328 e. The minimum absolute atomic E-state index is 0.00334. The molecule has 2 amide bonds. The molecule has 0 aromatic heterocycles. The highest BCUT2D eigenvalue weighted by atomic mass is 35.5. The summed E-state index contributed by atoms with van der Waals surface area (Å²) in [5, 5.41) is 12.2. The van der Waals surface area contributed by atoms with Crippen molar-refractivity contribution in [2.75, 3.05) is 25.1 Å². The number of nitrogens with one attached hydrogen (secondary N) is 1. The van der Waals surface area contributed by atoms with Crippen molar-refractivity contribution in [3.8, 4) is 0 Å². The highest BCUT2D eigenvalue weighted by molar-refractivity contribution is 6.30. The summed E-state index contributed by atoms with van der Waals surface area (Å²) in [6, 6.07) is 5.17. The molecule has 1 atom stereocenters. The van der Waals surface area contributed by atoms with E-state index in [9.17, 15) is 9.59 Å². The van der Waals surface area contributed by atoms with Crippen LogP contribution < -0.4 is 5.32 Å². The first-order valence-corrected chi connectivity index (χ1v) is 6.09. The lowest BCUT2D eigenvalue weighted by molar-refractivity contribution is -0.147. The Morgan fingerprint density at radius 1 is 1.37 bits per heavy atom. The number of ether oxygens (including phenoxy) is 1. The van der Waals surface area contributed by atoms with Gasteiger partial charge in [0.05, 0.1) is 13.2 Å². The molecule has 0 saturated carbocycles. The van der Waals surface area contributed by atoms with E-state index in [2.05, 4.69) is 5.32 Å². The average Bonchev–Trinajstić information content (AvgIpc) is 2.41. The Hall–Kier alpha value is -1.79. The number of halogens is 1. The summed E-state index contributed by atoms with van der Waals surface area (Å²) >= 11 is 5.74. The molecule has 1 saturated heterocycles. The summed E-state index contributed by atoms with van der Waals surface area (Å²) in [5.41, 5.74) is 0.560. The highest BCUT2D eigenvalue weighted by Crippen LogP contribution is 2.15. The van der Waals surface area contributed by atoms with Crippen molar-refractivity contribution in [3.63, 3.8) is 0 Å². The van der Waals surface area contributed by atoms with E-state index < -0.39 is 18.0 Å². The van der Waals surface area contributed by atoms with Crippen molar-refractivity contribution < 1.29 is 19.4 Å². The molecule has 2 N–H and O–H groups in total. The zero-order valence-electron chi connectivity index (χ0n) is 10.0. The molecule has 1 aromatic carbocycles. The van der Waals surface area contributed by atoms with E-state index in [-0.39, 0.29) is 13.2 Å². The monoisotopic (exact) mass is 284 g/mol. The molecule has 0 aliphatic carbocycles. The van der Waals surface area contributed by atoms with E-state index in [1.807, 2.05) is 0 Å². The molecule has 1 heterocycles. The average molecular weight is 285 g/mol. The first-order valence-electron chi connectivity index (χ1n) is 5.71. The van der Waals surface area contributed by atoms with Gasteiger partial charge in [-0.1, -0.05) is 11.6 Å². The van der Waals surface area contributed by atoms with Gasteiger partial charge >= 0.3 is 12.0 Å². The van der Waals surface area contributed by atoms with Gasteiger partial charge in [-0.15, -0.1) is 0 Å². The van der Waals surface area contributed by atoms with Gasteiger partial charge in [-0.3, -0.25) is 0 Å². The lowest BCUT2D eigenvalue weighted by atomic mass is 10.2. The Kier molecular flexibility index (Phi) is 4.24. The SMILES string of the molecule is O=C(O)C1COCCN1C(=O)Nc1ccc(Cl)cc1. The molecular weight excluding hydrogens is 272 g/mol. The van der Waals surface area contributed by atoms with Crippen LogP contribution in [-0.2, 0) is 9.53 Å². The van der Waals surface area contributed by atoms with E-state index in [0.29, 0.717) is 17.3 Å². The van der Waals surface area contributed by atoms with Crippen molar-refractivity contribution in [1.29, 1.82) is 0 Å². The summed E-state index contributed by atoms with van der Waals surface area (Å²) < 4.78 is 5.07. The van der Waals surface area contributed by atoms with E-state index in [1.54, 1.807) is 24.3 Å². The van der Waals surface area contributed by atoms with E-state index in [1.165, 1.54) is 4.90 Å². The fraction of sp³-hybridized carbons (Fsp3) is 0.333. The van der Waals surface area contributed by atoms with Crippen LogP contribution in [0, 0.1) is 0 Å². The second-order valence-corrected chi connectivity index (χ2v) is 4.50. The van der Waals surface area contributed by atoms with Crippen molar-refractivity contribution in [2.24, 2.45) is 0 Å². The Bertz CT molecular complexity index is 477. The Balaban J connectivity index is 2.05. The number of hydrogen-bond acceptors (Lipinski definition) is 3. The van der Waals surface area contributed by atoms with Crippen molar-refractivity contribution in [2.45, 2.75) is 6.04 Å². The van der Waals surface area contributed by atoms with Crippen molar-refractivity contribution >= 4 is 29.3 Å². The highest BCUT2D eigenvalue weighted by Gasteiger charge is 2.32. The third-order valence-electron chi connectivity index (χ3n) is 2.77. The number of hydrogen-bond donors (Lipinski definition) is 2. The maximum absolute atomic E-state index is 12.0. The number of rotatable bonds is 2. The summed E-state index contributed by atoms with van der Waals surface area (Å²) in [6.45, 7) is 0.581. The third-order valence-corrected chi connectivity index (χ3v) is 3.02. The lowest BCUT2D eigenvalue weighted by Gasteiger charge is -2.32. The molecule has 1 aliphatic rings. The first-order chi connectivity index (χ1) is 9.08. The molecule has 2 rings (SSSR count). The minimum atomic E-state index is -1.08. The van der Waals surface area contributed by atoms with E-state index in [0.717, 1.165) is 0 Å². The molecule has 1 aromatic rings. The number of aliphatic carboxylic acids is 1. The van der Waals surface area contributed by atoms with E-state index in [4.69, 9.17) is 21.4 Å². The van der Waals surface area contributed by atoms with Crippen molar-refractivity contribution in [3.05, 3.63) is 29.3 Å². The van der Waals surface area contributed by atoms with Crippen LogP contribution >= 0.6 is 11.6 Å². The minimum Gasteiger partial charge on any atom is -0.480 e. The number of anilines is 1. The van der Waals surface area contributed by atoms with Gasteiger partial charge in [0.1, 0.15) is 0 Å². The van der Waals surface area contributed by atoms with Crippen LogP contribution in [-0.4, -0.2) is 47.8 Å². The number of carboxylic acid groups (broad SMARTS) is 1. The summed E-state index contributed by atoms with van der Waals surface area (Å²) in [4.78, 5) is 24.3. The Morgan fingerprint density at radius 2 is 2.05 bits per heavy atom. The van der Waals surface area contributed by atoms with E-state index >= 15 is 0 Å². The number of urea groups is 1. The van der Waals surface area contributed by atoms with Gasteiger partial charge in [0.2, 0.25) is 0 Å². The number of carbonyl (C=O) groups is 2. The Labute approximate surface area is 114 Å². The van der Waals surface area contributed by atoms with Crippen LogP contribution in [0.3, 0.4) is 0 Å². The lowest BCUT2D eigenvalue weighted by Crippen LogP contribution is -2.53. The molecule has 1 unspecified atom stereocenters. The van der Waals surface area contributed by atoms with Crippen LogP contribution in [0.15, 0.2) is 24.3 Å². The van der Waals surface area contributed by atoms with Gasteiger partial charge in [0.25, 0.3) is 0 Å². The zero-order chi connectivity index (χ0) is 13.8. The summed E-state index contributed by atoms with van der Waals surface area (Å²) in [5.74, 6) is -1.08. The number of nitrogens with zero attached hydrogens (tertiary/aromatic N) is 1. The molecule has 7 heteroatoms. The molecule has 102 valence electrons. The van der Waals surface area contributed by atoms with Gasteiger partial charge in [-0.2, -0.15) is 0 Å². The standard InChI is InChI=1S/C12H13ClN2O4/c13-8-1-3-9(4-2-8)14-12(18)15-5-6-19-7-10(15)11(16)17/h1-4,10H,5-7H2,(H,14,18)(H,16,17). The number of amides is 2.